The molecular formula is C57H78N6O11. The molecule has 3 aromatic rings. The van der Waals surface area contributed by atoms with Gasteiger partial charge in [-0.2, -0.15) is 0 Å². The second kappa shape index (κ2) is 18.3. The maximum absolute atomic E-state index is 15.5. The van der Waals surface area contributed by atoms with E-state index in [2.05, 4.69) is 32.2 Å². The summed E-state index contributed by atoms with van der Waals surface area (Å²) in [5.41, 5.74) is -3.98. The van der Waals surface area contributed by atoms with Crippen LogP contribution in [-0.2, 0) is 41.1 Å². The van der Waals surface area contributed by atoms with E-state index in [9.17, 15) is 25.2 Å². The Bertz CT molecular complexity index is 2770. The van der Waals surface area contributed by atoms with Gasteiger partial charge in [0.2, 0.25) is 0 Å². The Morgan fingerprint density at radius 1 is 1.03 bits per heavy atom. The number of carbonyl (C=O) groups excluding carboxylic acids is 3. The molecule has 7 aliphatic rings. The highest BCUT2D eigenvalue weighted by Gasteiger charge is 2.78. The Labute approximate surface area is 434 Å². The van der Waals surface area contributed by atoms with Gasteiger partial charge in [0, 0.05) is 90.6 Å². The van der Waals surface area contributed by atoms with Gasteiger partial charge in [-0.25, -0.2) is 4.79 Å². The van der Waals surface area contributed by atoms with E-state index >= 15 is 9.59 Å². The number of para-hydroxylation sites is 1. The Balaban J connectivity index is 1.09. The molecule has 0 radical (unpaired) electrons. The van der Waals surface area contributed by atoms with E-state index in [0.29, 0.717) is 88.2 Å². The fourth-order valence-corrected chi connectivity index (χ4v) is 15.4. The molecule has 17 heteroatoms. The molecule has 7 heterocycles. The molecule has 3 saturated heterocycles. The fourth-order valence-electron chi connectivity index (χ4n) is 15.4. The number of piperidine rings is 1. The normalized spacial score (nSPS) is 35.5. The van der Waals surface area contributed by atoms with E-state index < -0.39 is 81.0 Å². The number of methoxy groups -OCH3 is 2. The maximum Gasteiger partial charge on any atom is 0.413 e. The topological polar surface area (TPSA) is 210 Å². The molecule has 4 unspecified atom stereocenters. The van der Waals surface area contributed by atoms with Gasteiger partial charge >= 0.3 is 12.1 Å². The number of anilines is 1. The van der Waals surface area contributed by atoms with E-state index in [1.807, 2.05) is 62.2 Å². The molecule has 17 nitrogen and oxygen atoms in total. The number of aliphatic hydroxyl groups is 4. The minimum atomic E-state index is -2.41. The third-order valence-corrected chi connectivity index (χ3v) is 18.4. The number of esters is 1. The molecular weight excluding hydrogens is 945 g/mol. The molecule has 402 valence electrons. The van der Waals surface area contributed by atoms with Crippen molar-refractivity contribution in [2.75, 3.05) is 72.0 Å². The summed E-state index contributed by atoms with van der Waals surface area (Å²) in [7, 11) is 4.87. The lowest BCUT2D eigenvalue weighted by atomic mass is 9.47. The predicted octanol–water partition coefficient (Wildman–Crippen LogP) is 4.65. The van der Waals surface area contributed by atoms with Crippen molar-refractivity contribution < 1.29 is 53.8 Å². The van der Waals surface area contributed by atoms with Crippen LogP contribution >= 0.6 is 0 Å². The van der Waals surface area contributed by atoms with Crippen LogP contribution in [0.1, 0.15) is 103 Å². The van der Waals surface area contributed by atoms with Crippen LogP contribution in [0.4, 0.5) is 10.5 Å². The summed E-state index contributed by atoms with van der Waals surface area (Å²) in [5.74, 6) is -0.947. The number of nitrogens with zero attached hydrogens (tertiary/aromatic N) is 4. The molecule has 6 aliphatic heterocycles. The summed E-state index contributed by atoms with van der Waals surface area (Å²) in [4.78, 5) is 56.0. The molecule has 12 atom stereocenters. The van der Waals surface area contributed by atoms with Gasteiger partial charge in [0.1, 0.15) is 28.6 Å². The lowest BCUT2D eigenvalue weighted by Crippen LogP contribution is -2.81. The summed E-state index contributed by atoms with van der Waals surface area (Å²) in [6.07, 6.45) is 6.62. The Morgan fingerprint density at radius 2 is 1.78 bits per heavy atom. The van der Waals surface area contributed by atoms with Crippen molar-refractivity contribution in [2.45, 2.75) is 151 Å². The number of hydrogen-bond acceptors (Lipinski definition) is 14. The fraction of sp³-hybridized carbons (Fsp3) is 0.632. The summed E-state index contributed by atoms with van der Waals surface area (Å²) in [6.45, 7) is 15.9. The molecule has 74 heavy (non-hydrogen) atoms. The number of hydrogen-bond donors (Lipinski definition) is 6. The third-order valence-electron chi connectivity index (χ3n) is 18.4. The van der Waals surface area contributed by atoms with Crippen LogP contribution in [0.2, 0.25) is 0 Å². The van der Waals surface area contributed by atoms with Crippen LogP contribution in [0.15, 0.2) is 60.7 Å². The number of fused-ring (bicyclic) bond motifs is 6. The molecule has 6 N–H and O–H groups in total. The first-order valence-electron chi connectivity index (χ1n) is 26.7. The molecule has 2 amide bonds. The van der Waals surface area contributed by atoms with Gasteiger partial charge in [0.15, 0.2) is 5.60 Å². The number of aromatic amines is 1. The second-order valence-electron chi connectivity index (χ2n) is 23.9. The number of aromatic nitrogens is 1. The van der Waals surface area contributed by atoms with Crippen molar-refractivity contribution in [3.05, 3.63) is 83.1 Å². The first-order valence-corrected chi connectivity index (χ1v) is 26.7. The van der Waals surface area contributed by atoms with Crippen molar-refractivity contribution in [3.8, 4) is 5.75 Å². The minimum absolute atomic E-state index is 0.0507. The number of rotatable bonds is 10. The van der Waals surface area contributed by atoms with Crippen LogP contribution in [-0.4, -0.2) is 178 Å². The molecule has 1 aromatic heterocycles. The van der Waals surface area contributed by atoms with Gasteiger partial charge in [-0.3, -0.25) is 24.3 Å². The lowest BCUT2D eigenvalue weighted by molar-refractivity contribution is -0.203. The highest BCUT2D eigenvalue weighted by Crippen LogP contribution is 2.67. The maximum atomic E-state index is 15.5. The number of ether oxygens (including phenoxy) is 4. The van der Waals surface area contributed by atoms with Crippen molar-refractivity contribution in [3.63, 3.8) is 0 Å². The Morgan fingerprint density at radius 3 is 2.49 bits per heavy atom. The zero-order valence-electron chi connectivity index (χ0n) is 44.9. The van der Waals surface area contributed by atoms with Gasteiger partial charge < -0.3 is 54.6 Å². The zero-order valence-corrected chi connectivity index (χ0v) is 44.9. The zero-order chi connectivity index (χ0) is 53.1. The largest absolute Gasteiger partial charge is 0.496 e. The molecule has 4 fully saturated rings. The van der Waals surface area contributed by atoms with Crippen LogP contribution in [0, 0.1) is 11.3 Å². The van der Waals surface area contributed by atoms with Crippen LogP contribution in [0.5, 0.6) is 5.75 Å². The molecule has 1 saturated carbocycles. The van der Waals surface area contributed by atoms with E-state index in [1.54, 1.807) is 47.8 Å². The highest BCUT2D eigenvalue weighted by atomic mass is 16.6. The number of nitrogens with one attached hydrogen (secondary N) is 2. The molecule has 2 aromatic carbocycles. The van der Waals surface area contributed by atoms with E-state index in [4.69, 9.17) is 18.9 Å². The SMILES string of the molecule is CC[C@]1(O)CC2CN(CCc3c([nH]c4ccccc34)[C@@](C(=O)OC)(c3cc4c(cc3OC)N(C)[C@H]3C(O)(C(=O)NCC=C[C@@H](O)[C@@H]5COC(C)(C)N5C(=O)OC(C)(C)C)[C@H](O)[C@]5(CC)C=CCN6CCC43[C@@H]65)C2)C1. The van der Waals surface area contributed by atoms with Gasteiger partial charge in [-0.15, -0.1) is 0 Å². The Hall–Kier alpha value is -5.01. The number of amides is 2. The third kappa shape index (κ3) is 7.67. The molecule has 1 aliphatic carbocycles. The number of carbonyl (C=O) groups is 3. The molecule has 2 bridgehead atoms. The monoisotopic (exact) mass is 1020 g/mol. The summed E-state index contributed by atoms with van der Waals surface area (Å²) in [5, 5.41) is 54.2. The first-order chi connectivity index (χ1) is 35.0. The average Bonchev–Trinajstić information content (AvgIpc) is 4.11. The summed E-state index contributed by atoms with van der Waals surface area (Å²) in [6, 6.07) is 9.99. The predicted molar refractivity (Wildman–Crippen MR) is 279 cm³/mol. The van der Waals surface area contributed by atoms with E-state index in [0.717, 1.165) is 27.7 Å². The lowest BCUT2D eigenvalue weighted by Gasteiger charge is -2.63. The van der Waals surface area contributed by atoms with E-state index in [1.165, 1.54) is 18.1 Å². The second-order valence-corrected chi connectivity index (χ2v) is 23.9. The van der Waals surface area contributed by atoms with Crippen molar-refractivity contribution in [1.82, 2.24) is 25.0 Å². The minimum Gasteiger partial charge on any atom is -0.496 e. The van der Waals surface area contributed by atoms with Crippen LogP contribution < -0.4 is 15.0 Å². The number of H-pyrrole nitrogens is 1. The van der Waals surface area contributed by atoms with E-state index in [-0.39, 0.29) is 25.1 Å². The number of aliphatic hydroxyl groups excluding tert-OH is 2. The quantitative estimate of drug-likeness (QED) is 0.121. The summed E-state index contributed by atoms with van der Waals surface area (Å²) < 4.78 is 24.0. The highest BCUT2D eigenvalue weighted by molar-refractivity contribution is 5.95. The number of likely N-dealkylation sites (N-methyl/N-ethyl adjacent to an activating group) is 1. The van der Waals surface area contributed by atoms with Gasteiger partial charge in [-0.05, 0) is 109 Å². The Kier molecular flexibility index (Phi) is 13.0. The van der Waals surface area contributed by atoms with Crippen LogP contribution in [0.25, 0.3) is 10.9 Å². The van der Waals surface area contributed by atoms with Crippen LogP contribution in [0.3, 0.4) is 0 Å². The van der Waals surface area contributed by atoms with Crippen molar-refractivity contribution >= 4 is 34.6 Å². The average molecular weight is 1020 g/mol. The molecule has 10 rings (SSSR count). The molecule has 1 spiro atoms. The van der Waals surface area contributed by atoms with Crippen molar-refractivity contribution in [2.24, 2.45) is 11.3 Å². The van der Waals surface area contributed by atoms with Crippen molar-refractivity contribution in [1.29, 1.82) is 0 Å². The standard InChI is InChI=1S/C57H78N6O11/c1-11-53(69)29-34-30-56(49(67)72-10,44-36(20-25-61(31-34)33-53)35-17-13-14-18-39(35)59-44)38-27-37-40(28-43(38)71-9)60(8)46-55(37)22-26-62-24-16-21-54(12-2,45(55)62)47(65)57(46,70)48(66)58-23-15-19-42(64)41-32-73-52(6,7)63(41)50(68)74-51(3,4)5/h13-19,21,27-28,34,41-42,45-47,59,64-65,69-70H,11-12,20,22-26,29-33H2,1-10H3,(H,58,66)/t34?,41-,42+,45-,46+,47+,53-,54+,55?,56-,57?/m0/s1. The first kappa shape index (κ1) is 52.4. The smallest absolute Gasteiger partial charge is 0.413 e. The van der Waals surface area contributed by atoms with Gasteiger partial charge in [0.05, 0.1) is 44.6 Å². The number of benzene rings is 2. The van der Waals surface area contributed by atoms with Gasteiger partial charge in [-0.1, -0.05) is 56.4 Å². The van der Waals surface area contributed by atoms with Gasteiger partial charge in [0.25, 0.3) is 5.91 Å². The summed E-state index contributed by atoms with van der Waals surface area (Å²) >= 11 is 0.